The molecule has 1 fully saturated rings. The molecule has 2 rings (SSSR count). The highest BCUT2D eigenvalue weighted by atomic mass is 32.2. The predicted molar refractivity (Wildman–Crippen MR) is 85.8 cm³/mol. The van der Waals surface area contributed by atoms with Crippen LogP contribution in [0.3, 0.4) is 0 Å². The van der Waals surface area contributed by atoms with Crippen molar-refractivity contribution < 1.29 is 9.53 Å². The lowest BCUT2D eigenvalue weighted by atomic mass is 9.96. The first-order valence-electron chi connectivity index (χ1n) is 7.32. The largest absolute Gasteiger partial charge is 0.468 e. The molecule has 0 amide bonds. The molecule has 0 aromatic carbocycles. The maximum absolute atomic E-state index is 12.1. The third-order valence-electron chi connectivity index (χ3n) is 3.50. The Hall–Kier alpha value is -0.660. The second kappa shape index (κ2) is 7.07. The summed E-state index contributed by atoms with van der Waals surface area (Å²) in [5.74, 6) is 0.704. The van der Waals surface area contributed by atoms with Crippen molar-refractivity contribution in [2.75, 3.05) is 7.11 Å². The molecular weight excluding hydrogens is 306 g/mol. The van der Waals surface area contributed by atoms with Gasteiger partial charge in [0.05, 0.1) is 7.11 Å². The maximum Gasteiger partial charge on any atom is 0.325 e. The molecule has 1 aromatic rings. The number of carbonyl (C=O) groups is 1. The third kappa shape index (κ3) is 4.66. The average Bonchev–Trinajstić information content (AvgIpc) is 3.13. The van der Waals surface area contributed by atoms with Gasteiger partial charge in [-0.15, -0.1) is 0 Å². The fourth-order valence-electron chi connectivity index (χ4n) is 2.32. The Labute approximate surface area is 134 Å². The van der Waals surface area contributed by atoms with Gasteiger partial charge in [-0.05, 0) is 37.7 Å². The molecule has 1 saturated carbocycles. The number of carbonyl (C=O) groups excluding carboxylic acids is 1. The molecule has 1 aliphatic carbocycles. The van der Waals surface area contributed by atoms with Crippen molar-refractivity contribution in [1.29, 1.82) is 0 Å². The molecule has 5 nitrogen and oxygen atoms in total. The van der Waals surface area contributed by atoms with Crippen molar-refractivity contribution in [3.8, 4) is 0 Å². The molecule has 0 bridgehead atoms. The zero-order chi connectivity index (χ0) is 15.5. The van der Waals surface area contributed by atoms with Crippen LogP contribution >= 0.6 is 23.3 Å². The molecule has 2 unspecified atom stereocenters. The third-order valence-corrected chi connectivity index (χ3v) is 5.42. The summed E-state index contributed by atoms with van der Waals surface area (Å²) >= 11 is 3.11. The Morgan fingerprint density at radius 1 is 1.62 bits per heavy atom. The van der Waals surface area contributed by atoms with Gasteiger partial charge in [0.2, 0.25) is 0 Å². The number of rotatable bonds is 8. The molecule has 7 heteroatoms. The average molecular weight is 329 g/mol. The Morgan fingerprint density at radius 3 is 2.86 bits per heavy atom. The molecule has 0 aliphatic heterocycles. The van der Waals surface area contributed by atoms with Crippen molar-refractivity contribution in [3.05, 3.63) is 5.82 Å². The van der Waals surface area contributed by atoms with Crippen molar-refractivity contribution in [3.63, 3.8) is 0 Å². The Balaban J connectivity index is 1.96. The molecule has 1 aromatic heterocycles. The summed E-state index contributed by atoms with van der Waals surface area (Å²) < 4.78 is 10.2. The van der Waals surface area contributed by atoms with Crippen molar-refractivity contribution in [2.45, 2.75) is 67.6 Å². The number of hydrogen-bond acceptors (Lipinski definition) is 7. The first kappa shape index (κ1) is 16.7. The molecule has 2 atom stereocenters. The van der Waals surface area contributed by atoms with Gasteiger partial charge in [0.25, 0.3) is 0 Å². The van der Waals surface area contributed by atoms with Crippen LogP contribution in [-0.2, 0) is 16.0 Å². The van der Waals surface area contributed by atoms with Crippen LogP contribution in [0.5, 0.6) is 0 Å². The van der Waals surface area contributed by atoms with Gasteiger partial charge in [-0.3, -0.25) is 10.1 Å². The summed E-state index contributed by atoms with van der Waals surface area (Å²) in [6.45, 7) is 6.10. The van der Waals surface area contributed by atoms with Crippen LogP contribution in [0.15, 0.2) is 4.34 Å². The van der Waals surface area contributed by atoms with E-state index in [0.29, 0.717) is 12.5 Å². The Bertz CT molecular complexity index is 490. The fraction of sp³-hybridized carbons (Fsp3) is 0.786. The lowest BCUT2D eigenvalue weighted by molar-refractivity contribution is -0.148. The minimum absolute atomic E-state index is 0.187. The molecule has 0 radical (unpaired) electrons. The van der Waals surface area contributed by atoms with E-state index in [1.54, 1.807) is 11.8 Å². The van der Waals surface area contributed by atoms with E-state index in [-0.39, 0.29) is 11.2 Å². The van der Waals surface area contributed by atoms with Crippen LogP contribution < -0.4 is 5.32 Å². The quantitative estimate of drug-likeness (QED) is 0.584. The summed E-state index contributed by atoms with van der Waals surface area (Å²) in [5.41, 5.74) is -0.624. The van der Waals surface area contributed by atoms with E-state index in [2.05, 4.69) is 21.6 Å². The molecule has 118 valence electrons. The summed E-state index contributed by atoms with van der Waals surface area (Å²) in [4.78, 5) is 16.6. The highest BCUT2D eigenvalue weighted by Gasteiger charge is 2.40. The number of hydrogen-bond donors (Lipinski definition) is 1. The standard InChI is InChI=1S/C14H23N3O2S2/c1-5-11-15-13(21-17-11)20-9(2)8-14(3,12(18)19-4)16-10-6-7-10/h9-10,16H,5-8H2,1-4H3. The van der Waals surface area contributed by atoms with E-state index < -0.39 is 5.54 Å². The number of nitrogens with zero attached hydrogens (tertiary/aromatic N) is 2. The van der Waals surface area contributed by atoms with Crippen LogP contribution in [0.4, 0.5) is 0 Å². The van der Waals surface area contributed by atoms with E-state index in [9.17, 15) is 4.79 Å². The first-order chi connectivity index (χ1) is 9.96. The van der Waals surface area contributed by atoms with Gasteiger partial charge in [0.15, 0.2) is 4.34 Å². The summed E-state index contributed by atoms with van der Waals surface area (Å²) in [5, 5.41) is 3.69. The van der Waals surface area contributed by atoms with Crippen LogP contribution in [0.1, 0.15) is 45.9 Å². The van der Waals surface area contributed by atoms with Crippen molar-refractivity contribution in [1.82, 2.24) is 14.7 Å². The minimum atomic E-state index is -0.624. The van der Waals surface area contributed by atoms with Gasteiger partial charge in [-0.25, -0.2) is 4.98 Å². The number of methoxy groups -OCH3 is 1. The second-order valence-electron chi connectivity index (χ2n) is 5.70. The lowest BCUT2D eigenvalue weighted by Gasteiger charge is -2.30. The SMILES string of the molecule is CCc1nsc(SC(C)CC(C)(NC2CC2)C(=O)OC)n1. The van der Waals surface area contributed by atoms with Gasteiger partial charge < -0.3 is 4.74 Å². The number of thioether (sulfide) groups is 1. The van der Waals surface area contributed by atoms with Crippen LogP contribution in [-0.4, -0.2) is 39.3 Å². The molecule has 1 N–H and O–H groups in total. The molecule has 0 spiro atoms. The second-order valence-corrected chi connectivity index (χ2v) is 8.14. The summed E-state index contributed by atoms with van der Waals surface area (Å²) in [6, 6.07) is 0.458. The Kier molecular flexibility index (Phi) is 5.62. The number of ether oxygens (including phenoxy) is 1. The number of nitrogens with one attached hydrogen (secondary N) is 1. The molecule has 1 heterocycles. The van der Waals surface area contributed by atoms with E-state index >= 15 is 0 Å². The minimum Gasteiger partial charge on any atom is -0.468 e. The van der Waals surface area contributed by atoms with Gasteiger partial charge in [0.1, 0.15) is 11.4 Å². The van der Waals surface area contributed by atoms with Crippen molar-refractivity contribution in [2.24, 2.45) is 0 Å². The highest BCUT2D eigenvalue weighted by molar-refractivity contribution is 8.01. The molecule has 0 saturated heterocycles. The van der Waals surface area contributed by atoms with Gasteiger partial charge in [-0.1, -0.05) is 25.6 Å². The monoisotopic (exact) mass is 329 g/mol. The normalized spacial score (nSPS) is 19.0. The number of aromatic nitrogens is 2. The number of esters is 1. The van der Waals surface area contributed by atoms with Gasteiger partial charge in [-0.2, -0.15) is 4.37 Å². The smallest absolute Gasteiger partial charge is 0.325 e. The predicted octanol–water partition coefficient (Wildman–Crippen LogP) is 2.65. The van der Waals surface area contributed by atoms with Crippen molar-refractivity contribution >= 4 is 29.3 Å². The topological polar surface area (TPSA) is 64.1 Å². The van der Waals surface area contributed by atoms with Gasteiger partial charge in [0, 0.05) is 17.7 Å². The zero-order valence-corrected chi connectivity index (χ0v) is 14.6. The lowest BCUT2D eigenvalue weighted by Crippen LogP contribution is -2.52. The maximum atomic E-state index is 12.1. The summed E-state index contributed by atoms with van der Waals surface area (Å²) in [6.07, 6.45) is 3.85. The summed E-state index contributed by atoms with van der Waals surface area (Å²) in [7, 11) is 1.45. The first-order valence-corrected chi connectivity index (χ1v) is 8.97. The van der Waals surface area contributed by atoms with E-state index in [4.69, 9.17) is 4.74 Å². The number of aryl methyl sites for hydroxylation is 1. The van der Waals surface area contributed by atoms with Gasteiger partial charge >= 0.3 is 5.97 Å². The fourth-order valence-corrected chi connectivity index (χ4v) is 4.52. The molecule has 1 aliphatic rings. The van der Waals surface area contributed by atoms with Crippen LogP contribution in [0, 0.1) is 0 Å². The van der Waals surface area contributed by atoms with Crippen LogP contribution in [0.2, 0.25) is 0 Å². The van der Waals surface area contributed by atoms with E-state index in [0.717, 1.165) is 29.4 Å². The Morgan fingerprint density at radius 2 is 2.33 bits per heavy atom. The van der Waals surface area contributed by atoms with E-state index in [1.807, 2.05) is 13.8 Å². The van der Waals surface area contributed by atoms with E-state index in [1.165, 1.54) is 18.6 Å². The van der Waals surface area contributed by atoms with Crippen LogP contribution in [0.25, 0.3) is 0 Å². The highest BCUT2D eigenvalue weighted by Crippen LogP contribution is 2.32. The molecule has 21 heavy (non-hydrogen) atoms. The molecular formula is C14H23N3O2S2. The zero-order valence-electron chi connectivity index (χ0n) is 13.0.